The average molecular weight is 350 g/mol. The van der Waals surface area contributed by atoms with Crippen molar-refractivity contribution in [3.8, 4) is 0 Å². The first-order chi connectivity index (χ1) is 10.6. The topological polar surface area (TPSA) is 160 Å². The molecule has 12 heteroatoms. The largest absolute Gasteiger partial charge is 0.469 e. The Hall–Kier alpha value is -1.33. The fourth-order valence-electron chi connectivity index (χ4n) is 2.71. The number of nitrogens with zero attached hydrogens (tertiary/aromatic N) is 1. The lowest BCUT2D eigenvalue weighted by Crippen LogP contribution is -2.45. The number of hydrogen-bond acceptors (Lipinski definition) is 7. The fraction of sp³-hybridized carbons (Fsp3) is 0.636. The van der Waals surface area contributed by atoms with Gasteiger partial charge >= 0.3 is 13.5 Å². The predicted molar refractivity (Wildman–Crippen MR) is 72.7 cm³/mol. The Labute approximate surface area is 128 Å². The number of rotatable bonds is 4. The van der Waals surface area contributed by atoms with Gasteiger partial charge in [0.2, 0.25) is 0 Å². The minimum Gasteiger partial charge on any atom is -0.387 e. The molecule has 0 aliphatic carbocycles. The van der Waals surface area contributed by atoms with Crippen molar-refractivity contribution in [2.75, 3.05) is 13.2 Å². The van der Waals surface area contributed by atoms with E-state index in [0.29, 0.717) is 0 Å². The van der Waals surface area contributed by atoms with E-state index >= 15 is 0 Å². The SMILES string of the molecule is Cc1cn([C@@H]2O[C@@]3(COP(=O)(O)O)COC2[C@@H]3O)c(=O)[nH]c1=O. The minimum atomic E-state index is -4.76. The molecule has 128 valence electrons. The molecule has 0 saturated carbocycles. The number of ether oxygens (including phenoxy) is 2. The van der Waals surface area contributed by atoms with Gasteiger partial charge in [-0.2, -0.15) is 0 Å². The fourth-order valence-corrected chi connectivity index (χ4v) is 3.09. The van der Waals surface area contributed by atoms with Crippen molar-refractivity contribution in [2.45, 2.75) is 31.0 Å². The van der Waals surface area contributed by atoms with Crippen molar-refractivity contribution in [1.82, 2.24) is 9.55 Å². The molecule has 1 aromatic heterocycles. The highest BCUT2D eigenvalue weighted by atomic mass is 31.2. The maximum Gasteiger partial charge on any atom is 0.469 e. The second kappa shape index (κ2) is 5.35. The number of nitrogens with one attached hydrogen (secondary N) is 1. The maximum absolute atomic E-state index is 11.9. The summed E-state index contributed by atoms with van der Waals surface area (Å²) in [6, 6.07) is 0. The second-order valence-corrected chi connectivity index (χ2v) is 6.78. The van der Waals surface area contributed by atoms with Gasteiger partial charge in [-0.15, -0.1) is 0 Å². The third-order valence-corrected chi connectivity index (χ3v) is 4.37. The Kier molecular flexibility index (Phi) is 3.84. The van der Waals surface area contributed by atoms with Crippen LogP contribution in [0.25, 0.3) is 0 Å². The number of hydrogen-bond donors (Lipinski definition) is 4. The van der Waals surface area contributed by atoms with Crippen LogP contribution in [-0.4, -0.2) is 55.5 Å². The number of aryl methyl sites for hydroxylation is 1. The normalized spacial score (nSPS) is 33.3. The third kappa shape index (κ3) is 2.81. The summed E-state index contributed by atoms with van der Waals surface area (Å²) in [5.41, 5.74) is -2.54. The zero-order valence-electron chi connectivity index (χ0n) is 11.9. The molecule has 2 saturated heterocycles. The van der Waals surface area contributed by atoms with E-state index in [1.165, 1.54) is 13.1 Å². The van der Waals surface area contributed by atoms with E-state index in [1.807, 2.05) is 0 Å². The monoisotopic (exact) mass is 350 g/mol. The Balaban J connectivity index is 1.91. The van der Waals surface area contributed by atoms with Gasteiger partial charge in [0.1, 0.15) is 17.8 Å². The van der Waals surface area contributed by atoms with Gasteiger partial charge in [0.15, 0.2) is 6.23 Å². The Morgan fingerprint density at radius 2 is 2.22 bits per heavy atom. The van der Waals surface area contributed by atoms with Gasteiger partial charge < -0.3 is 24.4 Å². The first-order valence-electron chi connectivity index (χ1n) is 6.63. The van der Waals surface area contributed by atoms with E-state index in [2.05, 4.69) is 9.51 Å². The zero-order chi connectivity index (χ0) is 17.0. The van der Waals surface area contributed by atoms with Crippen LogP contribution in [0.2, 0.25) is 0 Å². The molecule has 0 amide bonds. The number of fused-ring (bicyclic) bond motifs is 2. The molecule has 23 heavy (non-hydrogen) atoms. The minimum absolute atomic E-state index is 0.146. The van der Waals surface area contributed by atoms with Crippen LogP contribution in [0, 0.1) is 6.92 Å². The Bertz CT molecular complexity index is 782. The van der Waals surface area contributed by atoms with Crippen LogP contribution >= 0.6 is 7.82 Å². The lowest BCUT2D eigenvalue weighted by molar-refractivity contribution is -0.186. The number of H-pyrrole nitrogens is 1. The number of aliphatic hydroxyl groups excluding tert-OH is 1. The molecule has 2 aliphatic heterocycles. The standard InChI is InChI=1S/C11H15N2O9P/c1-5-2-13(10(16)12-8(5)15)9-6-7(14)11(22-9,3-20-6)4-21-23(17,18)19/h2,6-7,9,14H,3-4H2,1H3,(H,12,15,16)(H2,17,18,19)/t6?,7-,9+,11+/m0/s1. The molecule has 2 aliphatic rings. The van der Waals surface area contributed by atoms with E-state index in [1.54, 1.807) is 0 Å². The van der Waals surface area contributed by atoms with Gasteiger partial charge in [0.25, 0.3) is 5.56 Å². The predicted octanol–water partition coefficient (Wildman–Crippen LogP) is -2.02. The van der Waals surface area contributed by atoms with E-state index < -0.39 is 49.7 Å². The van der Waals surface area contributed by atoms with Gasteiger partial charge in [-0.25, -0.2) is 9.36 Å². The smallest absolute Gasteiger partial charge is 0.387 e. The van der Waals surface area contributed by atoms with Crippen molar-refractivity contribution in [3.63, 3.8) is 0 Å². The number of aromatic amines is 1. The highest BCUT2D eigenvalue weighted by Crippen LogP contribution is 2.47. The van der Waals surface area contributed by atoms with Crippen LogP contribution < -0.4 is 11.2 Å². The van der Waals surface area contributed by atoms with Crippen molar-refractivity contribution >= 4 is 7.82 Å². The van der Waals surface area contributed by atoms with Crippen LogP contribution in [-0.2, 0) is 18.6 Å². The van der Waals surface area contributed by atoms with Gasteiger partial charge in [0, 0.05) is 11.8 Å². The van der Waals surface area contributed by atoms with Crippen LogP contribution in [0.15, 0.2) is 15.8 Å². The lowest BCUT2D eigenvalue weighted by atomic mass is 10.0. The first kappa shape index (κ1) is 16.5. The van der Waals surface area contributed by atoms with Crippen molar-refractivity contribution < 1.29 is 33.5 Å². The summed E-state index contributed by atoms with van der Waals surface area (Å²) in [6.45, 7) is 0.737. The van der Waals surface area contributed by atoms with Gasteiger partial charge in [-0.3, -0.25) is 18.9 Å². The Morgan fingerprint density at radius 3 is 2.87 bits per heavy atom. The highest BCUT2D eigenvalue weighted by molar-refractivity contribution is 7.46. The molecule has 2 fully saturated rings. The van der Waals surface area contributed by atoms with Crippen molar-refractivity contribution in [1.29, 1.82) is 0 Å². The summed E-state index contributed by atoms with van der Waals surface area (Å²) in [4.78, 5) is 43.0. The molecular formula is C11H15N2O9P. The molecule has 0 aromatic carbocycles. The quantitative estimate of drug-likeness (QED) is 0.449. The van der Waals surface area contributed by atoms with Gasteiger partial charge in [-0.05, 0) is 6.92 Å². The first-order valence-corrected chi connectivity index (χ1v) is 8.16. The van der Waals surface area contributed by atoms with Crippen LogP contribution in [0.1, 0.15) is 11.8 Å². The average Bonchev–Trinajstić information content (AvgIpc) is 2.91. The molecule has 1 unspecified atom stereocenters. The molecule has 1 aromatic rings. The lowest BCUT2D eigenvalue weighted by Gasteiger charge is -2.30. The number of aliphatic hydroxyl groups is 1. The number of aromatic nitrogens is 2. The summed E-state index contributed by atoms with van der Waals surface area (Å²) in [5.74, 6) is 0. The second-order valence-electron chi connectivity index (χ2n) is 5.54. The van der Waals surface area contributed by atoms with Crippen molar-refractivity contribution in [2.24, 2.45) is 0 Å². The summed E-state index contributed by atoms with van der Waals surface area (Å²) in [5, 5.41) is 10.3. The zero-order valence-corrected chi connectivity index (χ0v) is 12.8. The summed E-state index contributed by atoms with van der Waals surface area (Å²) >= 11 is 0. The van der Waals surface area contributed by atoms with Crippen LogP contribution in [0.3, 0.4) is 0 Å². The molecule has 0 radical (unpaired) electrons. The van der Waals surface area contributed by atoms with E-state index in [-0.39, 0.29) is 12.2 Å². The summed E-state index contributed by atoms with van der Waals surface area (Å²) in [7, 11) is -4.76. The van der Waals surface area contributed by atoms with E-state index in [4.69, 9.17) is 19.3 Å². The van der Waals surface area contributed by atoms with E-state index in [0.717, 1.165) is 4.57 Å². The highest BCUT2D eigenvalue weighted by Gasteiger charge is 2.62. The number of phosphoric ester groups is 1. The van der Waals surface area contributed by atoms with Crippen molar-refractivity contribution in [3.05, 3.63) is 32.6 Å². The molecular weight excluding hydrogens is 335 g/mol. The van der Waals surface area contributed by atoms with E-state index in [9.17, 15) is 19.3 Å². The molecule has 11 nitrogen and oxygen atoms in total. The summed E-state index contributed by atoms with van der Waals surface area (Å²) in [6.07, 6.45) is -1.97. The molecule has 4 N–H and O–H groups in total. The third-order valence-electron chi connectivity index (χ3n) is 3.90. The molecule has 0 spiro atoms. The van der Waals surface area contributed by atoms with Gasteiger partial charge in [0.05, 0.1) is 13.2 Å². The molecule has 3 heterocycles. The molecule has 3 rings (SSSR count). The maximum atomic E-state index is 11.9. The Morgan fingerprint density at radius 1 is 1.52 bits per heavy atom. The number of phosphoric acid groups is 1. The molecule has 4 atom stereocenters. The van der Waals surface area contributed by atoms with Crippen LogP contribution in [0.5, 0.6) is 0 Å². The summed E-state index contributed by atoms with van der Waals surface area (Å²) < 4.78 is 27.3. The van der Waals surface area contributed by atoms with Crippen LogP contribution in [0.4, 0.5) is 0 Å². The molecule has 2 bridgehead atoms. The van der Waals surface area contributed by atoms with Gasteiger partial charge in [-0.1, -0.05) is 0 Å².